The molecule has 0 saturated heterocycles. The highest BCUT2D eigenvalue weighted by Gasteiger charge is 2.31. The lowest BCUT2D eigenvalue weighted by Gasteiger charge is -2.25. The van der Waals surface area contributed by atoms with Gasteiger partial charge in [-0.05, 0) is 67.0 Å². The quantitative estimate of drug-likeness (QED) is 0.364. The zero-order valence-corrected chi connectivity index (χ0v) is 17.0. The first-order valence-electron chi connectivity index (χ1n) is 10.1. The van der Waals surface area contributed by atoms with E-state index in [1.165, 1.54) is 28.8 Å². The van der Waals surface area contributed by atoms with Gasteiger partial charge in [-0.2, -0.15) is 13.2 Å². The van der Waals surface area contributed by atoms with E-state index in [1.54, 1.807) is 0 Å². The molecule has 3 aromatic rings. The molecule has 0 saturated carbocycles. The Balaban J connectivity index is 1.63. The third-order valence-corrected chi connectivity index (χ3v) is 5.55. The Morgan fingerprint density at radius 2 is 1.37 bits per heavy atom. The number of halogens is 3. The van der Waals surface area contributed by atoms with Crippen LogP contribution in [0.1, 0.15) is 47.6 Å². The molecule has 3 rings (SSSR count). The predicted molar refractivity (Wildman–Crippen MR) is 116 cm³/mol. The molecule has 3 aromatic carbocycles. The van der Waals surface area contributed by atoms with Gasteiger partial charge in [-0.15, -0.1) is 6.42 Å². The smallest absolute Gasteiger partial charge is 0.166 e. The number of terminal acetylenes is 1. The Morgan fingerprint density at radius 3 is 2.00 bits per heavy atom. The average Bonchev–Trinajstić information content (AvgIpc) is 2.74. The van der Waals surface area contributed by atoms with Gasteiger partial charge in [0, 0.05) is 0 Å². The highest BCUT2D eigenvalue weighted by atomic mass is 19.4. The second kappa shape index (κ2) is 9.22. The zero-order chi connectivity index (χ0) is 21.6. The molecule has 0 spiro atoms. The first-order chi connectivity index (χ1) is 14.3. The van der Waals surface area contributed by atoms with E-state index in [-0.39, 0.29) is 0 Å². The molecule has 0 nitrogen and oxygen atoms in total. The van der Waals surface area contributed by atoms with Crippen LogP contribution >= 0.6 is 0 Å². The summed E-state index contributed by atoms with van der Waals surface area (Å²) in [6.45, 7) is 1.92. The van der Waals surface area contributed by atoms with Gasteiger partial charge >= 0.3 is 6.18 Å². The molecule has 154 valence electrons. The van der Waals surface area contributed by atoms with Crippen LogP contribution in [0.25, 0.3) is 0 Å². The van der Waals surface area contributed by atoms with Crippen LogP contribution in [-0.2, 0) is 24.4 Å². The number of rotatable bonds is 7. The van der Waals surface area contributed by atoms with E-state index in [4.69, 9.17) is 6.42 Å². The highest BCUT2D eigenvalue weighted by Crippen LogP contribution is 2.33. The maximum Gasteiger partial charge on any atom is 0.416 e. The molecule has 0 radical (unpaired) electrons. The van der Waals surface area contributed by atoms with E-state index in [1.807, 2.05) is 25.1 Å². The number of benzene rings is 3. The van der Waals surface area contributed by atoms with Crippen molar-refractivity contribution in [1.29, 1.82) is 0 Å². The minimum Gasteiger partial charge on any atom is -0.166 e. The van der Waals surface area contributed by atoms with Crippen molar-refractivity contribution in [2.24, 2.45) is 0 Å². The van der Waals surface area contributed by atoms with Gasteiger partial charge in [-0.1, -0.05) is 72.7 Å². The van der Waals surface area contributed by atoms with Crippen LogP contribution in [0.5, 0.6) is 0 Å². The maximum atomic E-state index is 12.8. The summed E-state index contributed by atoms with van der Waals surface area (Å²) in [6, 6.07) is 24.1. The Morgan fingerprint density at radius 1 is 0.767 bits per heavy atom. The van der Waals surface area contributed by atoms with Crippen molar-refractivity contribution in [3.63, 3.8) is 0 Å². The van der Waals surface area contributed by atoms with Crippen molar-refractivity contribution < 1.29 is 13.2 Å². The number of aryl methyl sites for hydroxylation is 1. The molecule has 0 aliphatic rings. The fourth-order valence-corrected chi connectivity index (χ4v) is 3.70. The summed E-state index contributed by atoms with van der Waals surface area (Å²) in [6.07, 6.45) is 4.77. The monoisotopic (exact) mass is 406 g/mol. The van der Waals surface area contributed by atoms with Crippen LogP contribution in [-0.4, -0.2) is 0 Å². The summed E-state index contributed by atoms with van der Waals surface area (Å²) in [4.78, 5) is 0. The molecule has 0 amide bonds. The topological polar surface area (TPSA) is 0 Å². The first kappa shape index (κ1) is 21.7. The fourth-order valence-electron chi connectivity index (χ4n) is 3.70. The fraction of sp³-hybridized carbons (Fsp3) is 0.259. The molecule has 30 heavy (non-hydrogen) atoms. The summed E-state index contributed by atoms with van der Waals surface area (Å²) in [5.74, 6) is 2.80. The summed E-state index contributed by atoms with van der Waals surface area (Å²) in [5, 5.41) is 0. The van der Waals surface area contributed by atoms with E-state index in [9.17, 15) is 13.2 Å². The largest absolute Gasteiger partial charge is 0.416 e. The second-order valence-corrected chi connectivity index (χ2v) is 7.89. The van der Waals surface area contributed by atoms with Gasteiger partial charge in [0.05, 0.1) is 11.0 Å². The lowest BCUT2D eigenvalue weighted by Crippen LogP contribution is -2.20. The molecule has 0 N–H and O–H groups in total. The molecule has 0 aromatic heterocycles. The van der Waals surface area contributed by atoms with Gasteiger partial charge in [-0.3, -0.25) is 0 Å². The molecule has 1 atom stereocenters. The van der Waals surface area contributed by atoms with Gasteiger partial charge in [0.25, 0.3) is 0 Å². The summed E-state index contributed by atoms with van der Waals surface area (Å²) in [5.41, 5.74) is 3.29. The Bertz CT molecular complexity index is 995. The van der Waals surface area contributed by atoms with Gasteiger partial charge in [0.15, 0.2) is 0 Å². The molecule has 3 heteroatoms. The van der Waals surface area contributed by atoms with E-state index >= 15 is 0 Å². The third-order valence-electron chi connectivity index (χ3n) is 5.55. The molecule has 0 aliphatic heterocycles. The van der Waals surface area contributed by atoms with Gasteiger partial charge in [0.2, 0.25) is 0 Å². The summed E-state index contributed by atoms with van der Waals surface area (Å²) in [7, 11) is 0. The molecule has 0 bridgehead atoms. The SMILES string of the molecule is C#CC(C)(CCCc1cccc(Cc2ccccc2)c1)c1ccc(C(F)(F)F)cc1. The minimum absolute atomic E-state index is 0.591. The number of hydrogen-bond donors (Lipinski definition) is 0. The summed E-state index contributed by atoms with van der Waals surface area (Å²) < 4.78 is 38.5. The van der Waals surface area contributed by atoms with Gasteiger partial charge in [-0.25, -0.2) is 0 Å². The molecule has 1 unspecified atom stereocenters. The Labute approximate surface area is 176 Å². The second-order valence-electron chi connectivity index (χ2n) is 7.89. The van der Waals surface area contributed by atoms with Gasteiger partial charge in [0.1, 0.15) is 0 Å². The molecular formula is C27H25F3. The molecular weight excluding hydrogens is 381 g/mol. The van der Waals surface area contributed by atoms with Crippen molar-refractivity contribution >= 4 is 0 Å². The van der Waals surface area contributed by atoms with E-state index in [2.05, 4.69) is 42.3 Å². The molecule has 0 aliphatic carbocycles. The van der Waals surface area contributed by atoms with E-state index < -0.39 is 17.2 Å². The Hall–Kier alpha value is -2.99. The van der Waals surface area contributed by atoms with Crippen LogP contribution in [0, 0.1) is 12.3 Å². The van der Waals surface area contributed by atoms with Crippen molar-refractivity contribution in [3.8, 4) is 12.3 Å². The van der Waals surface area contributed by atoms with E-state index in [0.717, 1.165) is 37.0 Å². The molecule has 0 heterocycles. The standard InChI is InChI=1S/C27H25F3/c1-3-26(2,24-14-16-25(17-15-24)27(28,29)30)18-8-13-22-11-7-12-23(20-22)19-21-9-5-4-6-10-21/h1,4-7,9-12,14-17,20H,8,13,18-19H2,2H3. The van der Waals surface area contributed by atoms with Crippen LogP contribution in [0.15, 0.2) is 78.9 Å². The van der Waals surface area contributed by atoms with Crippen LogP contribution in [0.4, 0.5) is 13.2 Å². The third kappa shape index (κ3) is 5.54. The van der Waals surface area contributed by atoms with Crippen LogP contribution in [0.2, 0.25) is 0 Å². The van der Waals surface area contributed by atoms with E-state index in [0.29, 0.717) is 6.42 Å². The molecule has 0 fully saturated rings. The lowest BCUT2D eigenvalue weighted by atomic mass is 9.78. The normalized spacial score (nSPS) is 13.4. The Kier molecular flexibility index (Phi) is 6.67. The van der Waals surface area contributed by atoms with Crippen LogP contribution < -0.4 is 0 Å². The number of hydrogen-bond acceptors (Lipinski definition) is 0. The zero-order valence-electron chi connectivity index (χ0n) is 17.0. The van der Waals surface area contributed by atoms with Crippen LogP contribution in [0.3, 0.4) is 0 Å². The van der Waals surface area contributed by atoms with Crippen molar-refractivity contribution in [3.05, 3.63) is 107 Å². The predicted octanol–water partition coefficient (Wildman–Crippen LogP) is 7.21. The summed E-state index contributed by atoms with van der Waals surface area (Å²) >= 11 is 0. The first-order valence-corrected chi connectivity index (χ1v) is 10.1. The maximum absolute atomic E-state index is 12.8. The number of alkyl halides is 3. The van der Waals surface area contributed by atoms with Gasteiger partial charge < -0.3 is 0 Å². The van der Waals surface area contributed by atoms with Crippen molar-refractivity contribution in [1.82, 2.24) is 0 Å². The minimum atomic E-state index is -4.34. The van der Waals surface area contributed by atoms with Crippen molar-refractivity contribution in [2.45, 2.75) is 44.2 Å². The lowest BCUT2D eigenvalue weighted by molar-refractivity contribution is -0.137. The van der Waals surface area contributed by atoms with Crippen molar-refractivity contribution in [2.75, 3.05) is 0 Å². The highest BCUT2D eigenvalue weighted by molar-refractivity contribution is 5.36. The average molecular weight is 406 g/mol.